The van der Waals surface area contributed by atoms with Crippen LogP contribution >= 0.6 is 12.4 Å². The number of rotatable bonds is 7. The highest BCUT2D eigenvalue weighted by Crippen LogP contribution is 2.23. The van der Waals surface area contributed by atoms with E-state index >= 15 is 0 Å². The first-order chi connectivity index (χ1) is 8.15. The van der Waals surface area contributed by atoms with Gasteiger partial charge < -0.3 is 15.1 Å². The Bertz CT molecular complexity index is 230. The van der Waals surface area contributed by atoms with Gasteiger partial charge in [-0.1, -0.05) is 12.8 Å². The molecule has 0 aromatic carbocycles. The molecule has 1 fully saturated rings. The third-order valence-electron chi connectivity index (χ3n) is 3.46. The summed E-state index contributed by atoms with van der Waals surface area (Å²) in [5, 5.41) is 3.05. The number of hydrogen-bond donors (Lipinski definition) is 1. The van der Waals surface area contributed by atoms with E-state index in [1.165, 1.54) is 25.7 Å². The maximum absolute atomic E-state index is 12.2. The van der Waals surface area contributed by atoms with Crippen molar-refractivity contribution in [1.82, 2.24) is 15.1 Å². The van der Waals surface area contributed by atoms with Gasteiger partial charge in [0, 0.05) is 32.1 Å². The number of nitrogens with one attached hydrogen (secondary N) is 1. The smallest absolute Gasteiger partial charge is 0.224 e. The van der Waals surface area contributed by atoms with E-state index in [4.69, 9.17) is 0 Å². The maximum Gasteiger partial charge on any atom is 0.224 e. The van der Waals surface area contributed by atoms with Crippen molar-refractivity contribution in [2.24, 2.45) is 0 Å². The predicted molar refractivity (Wildman–Crippen MR) is 78.3 cm³/mol. The number of likely N-dealkylation sites (N-methyl/N-ethyl adjacent to an activating group) is 1. The van der Waals surface area contributed by atoms with Crippen LogP contribution in [0.15, 0.2) is 0 Å². The summed E-state index contributed by atoms with van der Waals surface area (Å²) in [5.74, 6) is 0.313. The molecule has 1 saturated carbocycles. The lowest BCUT2D eigenvalue weighted by Gasteiger charge is -2.30. The molecule has 0 heterocycles. The summed E-state index contributed by atoms with van der Waals surface area (Å²) < 4.78 is 0. The van der Waals surface area contributed by atoms with Gasteiger partial charge in [0.05, 0.1) is 0 Å². The molecule has 0 saturated heterocycles. The maximum atomic E-state index is 12.2. The van der Waals surface area contributed by atoms with E-state index in [1.807, 2.05) is 7.05 Å². The molecule has 1 rings (SSSR count). The van der Waals surface area contributed by atoms with Gasteiger partial charge in [0.1, 0.15) is 0 Å². The summed E-state index contributed by atoms with van der Waals surface area (Å²) in [5.41, 5.74) is 0. The molecule has 4 nitrogen and oxygen atoms in total. The van der Waals surface area contributed by atoms with Crippen LogP contribution in [0.25, 0.3) is 0 Å². The molecular weight excluding hydrogens is 250 g/mol. The molecular formula is C13H28ClN3O. The molecule has 0 aromatic rings. The Kier molecular flexibility index (Phi) is 9.42. The quantitative estimate of drug-likeness (QED) is 0.763. The van der Waals surface area contributed by atoms with Gasteiger partial charge >= 0.3 is 0 Å². The van der Waals surface area contributed by atoms with Crippen LogP contribution in [0.3, 0.4) is 0 Å². The lowest BCUT2D eigenvalue weighted by molar-refractivity contribution is -0.133. The molecule has 0 unspecified atom stereocenters. The van der Waals surface area contributed by atoms with Crippen LogP contribution in [-0.2, 0) is 4.79 Å². The Labute approximate surface area is 117 Å². The van der Waals surface area contributed by atoms with Crippen LogP contribution in [0, 0.1) is 0 Å². The Morgan fingerprint density at radius 2 is 1.83 bits per heavy atom. The molecule has 1 aliphatic carbocycles. The van der Waals surface area contributed by atoms with Crippen molar-refractivity contribution < 1.29 is 4.79 Å². The van der Waals surface area contributed by atoms with E-state index in [0.29, 0.717) is 18.4 Å². The Balaban J connectivity index is 0.00000289. The molecule has 1 aliphatic rings. The zero-order valence-corrected chi connectivity index (χ0v) is 12.8. The van der Waals surface area contributed by atoms with E-state index < -0.39 is 0 Å². The Morgan fingerprint density at radius 1 is 1.22 bits per heavy atom. The minimum Gasteiger partial charge on any atom is -0.338 e. The molecule has 0 radical (unpaired) electrons. The van der Waals surface area contributed by atoms with Crippen LogP contribution in [0.2, 0.25) is 0 Å². The predicted octanol–water partition coefficient (Wildman–Crippen LogP) is 1.35. The van der Waals surface area contributed by atoms with Crippen molar-refractivity contribution in [1.29, 1.82) is 0 Å². The summed E-state index contributed by atoms with van der Waals surface area (Å²) in [6.07, 6.45) is 5.57. The van der Waals surface area contributed by atoms with Crippen molar-refractivity contribution in [2.45, 2.75) is 38.1 Å². The van der Waals surface area contributed by atoms with Gasteiger partial charge in [-0.2, -0.15) is 0 Å². The summed E-state index contributed by atoms with van der Waals surface area (Å²) in [6.45, 7) is 2.62. The van der Waals surface area contributed by atoms with Crippen LogP contribution in [0.1, 0.15) is 32.1 Å². The molecule has 1 amide bonds. The second kappa shape index (κ2) is 9.59. The average Bonchev–Trinajstić information content (AvgIpc) is 2.79. The standard InChI is InChI=1S/C13H27N3O.ClH/c1-14-9-8-13(17)16(11-10-15(2)3)12-6-4-5-7-12;/h12,14H,4-11H2,1-3H3;1H. The van der Waals surface area contributed by atoms with Gasteiger partial charge in [-0.3, -0.25) is 4.79 Å². The molecule has 0 aliphatic heterocycles. The van der Waals surface area contributed by atoms with Crippen LogP contribution in [0.5, 0.6) is 0 Å². The van der Waals surface area contributed by atoms with E-state index in [0.717, 1.165) is 19.6 Å². The second-order valence-electron chi connectivity index (χ2n) is 5.18. The third-order valence-corrected chi connectivity index (χ3v) is 3.46. The second-order valence-corrected chi connectivity index (χ2v) is 5.18. The molecule has 1 N–H and O–H groups in total. The van der Waals surface area contributed by atoms with E-state index in [1.54, 1.807) is 0 Å². The first kappa shape index (κ1) is 17.7. The van der Waals surface area contributed by atoms with Crippen LogP contribution < -0.4 is 5.32 Å². The summed E-state index contributed by atoms with van der Waals surface area (Å²) in [7, 11) is 6.02. The van der Waals surface area contributed by atoms with Gasteiger partial charge in [0.15, 0.2) is 0 Å². The fourth-order valence-corrected chi connectivity index (χ4v) is 2.41. The monoisotopic (exact) mass is 277 g/mol. The molecule has 0 bridgehead atoms. The summed E-state index contributed by atoms with van der Waals surface area (Å²) in [4.78, 5) is 16.4. The van der Waals surface area contributed by atoms with E-state index in [-0.39, 0.29) is 12.4 Å². The first-order valence-electron chi connectivity index (χ1n) is 6.74. The Morgan fingerprint density at radius 3 is 2.33 bits per heavy atom. The number of hydrogen-bond acceptors (Lipinski definition) is 3. The molecule has 0 spiro atoms. The molecule has 0 aromatic heterocycles. The van der Waals surface area contributed by atoms with Crippen molar-refractivity contribution in [3.63, 3.8) is 0 Å². The van der Waals surface area contributed by atoms with Gasteiger partial charge in [-0.25, -0.2) is 0 Å². The fourth-order valence-electron chi connectivity index (χ4n) is 2.41. The van der Waals surface area contributed by atoms with Gasteiger partial charge in [0.25, 0.3) is 0 Å². The van der Waals surface area contributed by atoms with E-state index in [2.05, 4.69) is 29.2 Å². The molecule has 108 valence electrons. The average molecular weight is 278 g/mol. The van der Waals surface area contributed by atoms with Gasteiger partial charge in [0.2, 0.25) is 5.91 Å². The summed E-state index contributed by atoms with van der Waals surface area (Å²) in [6, 6.07) is 0.499. The van der Waals surface area contributed by atoms with Crippen LogP contribution in [0.4, 0.5) is 0 Å². The van der Waals surface area contributed by atoms with Gasteiger partial charge in [-0.05, 0) is 34.0 Å². The highest BCUT2D eigenvalue weighted by Gasteiger charge is 2.25. The zero-order chi connectivity index (χ0) is 12.7. The first-order valence-corrected chi connectivity index (χ1v) is 6.74. The van der Waals surface area contributed by atoms with Crippen molar-refractivity contribution in [3.05, 3.63) is 0 Å². The van der Waals surface area contributed by atoms with Crippen molar-refractivity contribution >= 4 is 18.3 Å². The highest BCUT2D eigenvalue weighted by atomic mass is 35.5. The van der Waals surface area contributed by atoms with Crippen molar-refractivity contribution in [3.8, 4) is 0 Å². The van der Waals surface area contributed by atoms with Crippen molar-refractivity contribution in [2.75, 3.05) is 40.8 Å². The number of carbonyl (C=O) groups excluding carboxylic acids is 1. The largest absolute Gasteiger partial charge is 0.338 e. The minimum atomic E-state index is 0. The lowest BCUT2D eigenvalue weighted by Crippen LogP contribution is -2.43. The van der Waals surface area contributed by atoms with E-state index in [9.17, 15) is 4.79 Å². The lowest BCUT2D eigenvalue weighted by atomic mass is 10.2. The fraction of sp³-hybridized carbons (Fsp3) is 0.923. The Hall–Kier alpha value is -0.320. The van der Waals surface area contributed by atoms with Gasteiger partial charge in [-0.15, -0.1) is 12.4 Å². The SMILES string of the molecule is CNCCC(=O)N(CCN(C)C)C1CCCC1.Cl. The normalized spacial score (nSPS) is 15.8. The topological polar surface area (TPSA) is 35.6 Å². The number of nitrogens with zero attached hydrogens (tertiary/aromatic N) is 2. The minimum absolute atomic E-state index is 0. The number of halogens is 1. The number of amides is 1. The molecule has 0 atom stereocenters. The molecule has 18 heavy (non-hydrogen) atoms. The van der Waals surface area contributed by atoms with Crippen LogP contribution in [-0.4, -0.2) is 62.5 Å². The third kappa shape index (κ3) is 6.03. The summed E-state index contributed by atoms with van der Waals surface area (Å²) >= 11 is 0. The zero-order valence-electron chi connectivity index (χ0n) is 11.9. The number of carbonyl (C=O) groups is 1. The highest BCUT2D eigenvalue weighted by molar-refractivity contribution is 5.85. The molecule has 5 heteroatoms.